The summed E-state index contributed by atoms with van der Waals surface area (Å²) in [6.07, 6.45) is 4.16. The van der Waals surface area contributed by atoms with E-state index in [1.165, 1.54) is 10.3 Å². The van der Waals surface area contributed by atoms with Crippen molar-refractivity contribution < 1.29 is 0 Å². The SMILES string of the molecule is C/C=C/CNc1ccccc1-c1nc2ccccc2s1. The van der Waals surface area contributed by atoms with Crippen molar-refractivity contribution in [3.8, 4) is 10.6 Å². The van der Waals surface area contributed by atoms with E-state index in [1.807, 2.05) is 19.1 Å². The lowest BCUT2D eigenvalue weighted by Gasteiger charge is -2.08. The highest BCUT2D eigenvalue weighted by atomic mass is 32.1. The highest BCUT2D eigenvalue weighted by molar-refractivity contribution is 7.21. The van der Waals surface area contributed by atoms with Crippen molar-refractivity contribution in [1.82, 2.24) is 4.98 Å². The van der Waals surface area contributed by atoms with Gasteiger partial charge in [0.25, 0.3) is 0 Å². The molecule has 20 heavy (non-hydrogen) atoms. The number of hydrogen-bond donors (Lipinski definition) is 1. The molecule has 0 bridgehead atoms. The summed E-state index contributed by atoms with van der Waals surface area (Å²) in [5.74, 6) is 0. The Morgan fingerprint density at radius 2 is 1.90 bits per heavy atom. The van der Waals surface area contributed by atoms with Crippen LogP contribution in [0.25, 0.3) is 20.8 Å². The van der Waals surface area contributed by atoms with Gasteiger partial charge in [-0.25, -0.2) is 4.98 Å². The summed E-state index contributed by atoms with van der Waals surface area (Å²) < 4.78 is 1.23. The first-order valence-corrected chi connectivity index (χ1v) is 7.50. The number of benzene rings is 2. The molecule has 1 N–H and O–H groups in total. The Bertz CT molecular complexity index is 710. The van der Waals surface area contributed by atoms with E-state index >= 15 is 0 Å². The number of allylic oxidation sites excluding steroid dienone is 1. The predicted molar refractivity (Wildman–Crippen MR) is 88.4 cm³/mol. The largest absolute Gasteiger partial charge is 0.381 e. The molecule has 3 heteroatoms. The van der Waals surface area contributed by atoms with Crippen LogP contribution in [0.5, 0.6) is 0 Å². The quantitative estimate of drug-likeness (QED) is 0.684. The molecule has 0 saturated heterocycles. The lowest BCUT2D eigenvalue weighted by Crippen LogP contribution is -1.99. The zero-order valence-electron chi connectivity index (χ0n) is 11.3. The molecule has 0 saturated carbocycles. The molecule has 1 heterocycles. The highest BCUT2D eigenvalue weighted by Crippen LogP contribution is 2.34. The van der Waals surface area contributed by atoms with Crippen molar-refractivity contribution in [3.05, 3.63) is 60.7 Å². The number of para-hydroxylation sites is 2. The highest BCUT2D eigenvalue weighted by Gasteiger charge is 2.09. The van der Waals surface area contributed by atoms with Gasteiger partial charge in [-0.1, -0.05) is 36.4 Å². The number of nitrogens with zero attached hydrogens (tertiary/aromatic N) is 1. The molecule has 1 aromatic heterocycles. The van der Waals surface area contributed by atoms with Crippen LogP contribution in [0.4, 0.5) is 5.69 Å². The Labute approximate surface area is 122 Å². The number of thiazole rings is 1. The molecule has 0 amide bonds. The molecule has 0 radical (unpaired) electrons. The van der Waals surface area contributed by atoms with Gasteiger partial charge in [-0.15, -0.1) is 11.3 Å². The number of rotatable bonds is 4. The van der Waals surface area contributed by atoms with Gasteiger partial charge in [0.2, 0.25) is 0 Å². The maximum absolute atomic E-state index is 4.73. The van der Waals surface area contributed by atoms with Gasteiger partial charge in [0.05, 0.1) is 10.2 Å². The summed E-state index contributed by atoms with van der Waals surface area (Å²) in [6.45, 7) is 2.86. The van der Waals surface area contributed by atoms with Crippen LogP contribution < -0.4 is 5.32 Å². The van der Waals surface area contributed by atoms with Gasteiger partial charge < -0.3 is 5.32 Å². The molecular weight excluding hydrogens is 264 g/mol. The number of anilines is 1. The minimum Gasteiger partial charge on any atom is -0.381 e. The number of nitrogens with one attached hydrogen (secondary N) is 1. The summed E-state index contributed by atoms with van der Waals surface area (Å²) >= 11 is 1.73. The molecule has 0 fully saturated rings. The Kier molecular flexibility index (Phi) is 3.79. The second-order valence-corrected chi connectivity index (χ2v) is 5.51. The Morgan fingerprint density at radius 1 is 1.10 bits per heavy atom. The third kappa shape index (κ3) is 2.58. The molecule has 100 valence electrons. The van der Waals surface area contributed by atoms with Gasteiger partial charge >= 0.3 is 0 Å². The van der Waals surface area contributed by atoms with Gasteiger partial charge in [0, 0.05) is 17.8 Å². The molecule has 2 aromatic carbocycles. The van der Waals surface area contributed by atoms with Crippen molar-refractivity contribution >= 4 is 27.2 Å². The van der Waals surface area contributed by atoms with E-state index in [4.69, 9.17) is 4.98 Å². The molecule has 0 aliphatic rings. The lowest BCUT2D eigenvalue weighted by molar-refractivity contribution is 1.32. The van der Waals surface area contributed by atoms with Crippen LogP contribution in [-0.2, 0) is 0 Å². The van der Waals surface area contributed by atoms with Crippen molar-refractivity contribution in [3.63, 3.8) is 0 Å². The van der Waals surface area contributed by atoms with E-state index in [9.17, 15) is 0 Å². The van der Waals surface area contributed by atoms with Crippen LogP contribution in [0, 0.1) is 0 Å². The van der Waals surface area contributed by atoms with Crippen molar-refractivity contribution in [2.75, 3.05) is 11.9 Å². The third-order valence-electron chi connectivity index (χ3n) is 3.10. The molecule has 0 spiro atoms. The zero-order chi connectivity index (χ0) is 13.8. The summed E-state index contributed by atoms with van der Waals surface area (Å²) in [7, 11) is 0. The molecule has 0 unspecified atom stereocenters. The fraction of sp³-hybridized carbons (Fsp3) is 0.118. The third-order valence-corrected chi connectivity index (χ3v) is 4.17. The second kappa shape index (κ2) is 5.88. The molecule has 0 aliphatic heterocycles. The molecule has 0 atom stereocenters. The smallest absolute Gasteiger partial charge is 0.126 e. The first-order chi connectivity index (χ1) is 9.88. The summed E-state index contributed by atoms with van der Waals surface area (Å²) in [6, 6.07) is 16.6. The van der Waals surface area contributed by atoms with Crippen LogP contribution in [-0.4, -0.2) is 11.5 Å². The monoisotopic (exact) mass is 280 g/mol. The van der Waals surface area contributed by atoms with Gasteiger partial charge in [-0.2, -0.15) is 0 Å². The van der Waals surface area contributed by atoms with Crippen molar-refractivity contribution in [2.24, 2.45) is 0 Å². The summed E-state index contributed by atoms with van der Waals surface area (Å²) in [5, 5.41) is 4.50. The van der Waals surface area contributed by atoms with E-state index < -0.39 is 0 Å². The van der Waals surface area contributed by atoms with Gasteiger partial charge in [-0.3, -0.25) is 0 Å². The van der Waals surface area contributed by atoms with E-state index in [2.05, 4.69) is 53.9 Å². The average Bonchev–Trinajstić information content (AvgIpc) is 2.92. The standard InChI is InChI=1S/C17H16N2S/c1-2-3-12-18-14-9-5-4-8-13(14)17-19-15-10-6-7-11-16(15)20-17/h2-11,18H,12H2,1H3/b3-2+. The number of fused-ring (bicyclic) bond motifs is 1. The summed E-state index contributed by atoms with van der Waals surface area (Å²) in [4.78, 5) is 4.73. The van der Waals surface area contributed by atoms with Crippen molar-refractivity contribution in [1.29, 1.82) is 0 Å². The van der Waals surface area contributed by atoms with E-state index in [-0.39, 0.29) is 0 Å². The topological polar surface area (TPSA) is 24.9 Å². The molecule has 3 aromatic rings. The Morgan fingerprint density at radius 3 is 2.75 bits per heavy atom. The predicted octanol–water partition coefficient (Wildman–Crippen LogP) is 4.95. The Balaban J connectivity index is 2.00. The van der Waals surface area contributed by atoms with E-state index in [0.29, 0.717) is 0 Å². The fourth-order valence-corrected chi connectivity index (χ4v) is 3.10. The molecule has 0 aliphatic carbocycles. The molecular formula is C17H16N2S. The second-order valence-electron chi connectivity index (χ2n) is 4.48. The normalized spacial score (nSPS) is 11.2. The maximum atomic E-state index is 4.73. The van der Waals surface area contributed by atoms with Crippen LogP contribution in [0.15, 0.2) is 60.7 Å². The van der Waals surface area contributed by atoms with Crippen molar-refractivity contribution in [2.45, 2.75) is 6.92 Å². The maximum Gasteiger partial charge on any atom is 0.126 e. The van der Waals surface area contributed by atoms with E-state index in [1.54, 1.807) is 11.3 Å². The molecule has 2 nitrogen and oxygen atoms in total. The Hall–Kier alpha value is -2.13. The number of aromatic nitrogens is 1. The van der Waals surface area contributed by atoms with Gasteiger partial charge in [0.1, 0.15) is 5.01 Å². The van der Waals surface area contributed by atoms with Gasteiger partial charge in [-0.05, 0) is 31.2 Å². The summed E-state index contributed by atoms with van der Waals surface area (Å²) in [5.41, 5.74) is 3.36. The van der Waals surface area contributed by atoms with Crippen LogP contribution in [0.3, 0.4) is 0 Å². The lowest BCUT2D eigenvalue weighted by atomic mass is 10.2. The van der Waals surface area contributed by atoms with Crippen LogP contribution >= 0.6 is 11.3 Å². The van der Waals surface area contributed by atoms with Crippen LogP contribution in [0.1, 0.15) is 6.92 Å². The van der Waals surface area contributed by atoms with Gasteiger partial charge in [0.15, 0.2) is 0 Å². The zero-order valence-corrected chi connectivity index (χ0v) is 12.2. The average molecular weight is 280 g/mol. The van der Waals surface area contributed by atoms with Crippen LogP contribution in [0.2, 0.25) is 0 Å². The first-order valence-electron chi connectivity index (χ1n) is 6.68. The first kappa shape index (κ1) is 12.9. The molecule has 3 rings (SSSR count). The minimum atomic E-state index is 0.832. The fourth-order valence-electron chi connectivity index (χ4n) is 2.10. The number of hydrogen-bond acceptors (Lipinski definition) is 3. The minimum absolute atomic E-state index is 0.832. The van der Waals surface area contributed by atoms with E-state index in [0.717, 1.165) is 22.8 Å².